The molecule has 3 amide bonds. The third-order valence-electron chi connectivity index (χ3n) is 4.07. The molecule has 27 heavy (non-hydrogen) atoms. The van der Waals surface area contributed by atoms with Crippen LogP contribution in [-0.4, -0.2) is 47.4 Å². The first-order valence-electron chi connectivity index (χ1n) is 8.00. The summed E-state index contributed by atoms with van der Waals surface area (Å²) in [4.78, 5) is 46.1. The number of nitrogens with zero attached hydrogens (tertiary/aromatic N) is 2. The van der Waals surface area contributed by atoms with Crippen molar-refractivity contribution >= 4 is 33.2 Å². The van der Waals surface area contributed by atoms with Gasteiger partial charge in [0, 0.05) is 24.5 Å². The monoisotopic (exact) mass is 397 g/mol. The lowest BCUT2D eigenvalue weighted by Crippen LogP contribution is -2.40. The van der Waals surface area contributed by atoms with Crippen LogP contribution >= 0.6 is 0 Å². The van der Waals surface area contributed by atoms with Gasteiger partial charge in [0.05, 0.1) is 9.67 Å². The normalized spacial score (nSPS) is 15.1. The van der Waals surface area contributed by atoms with Crippen LogP contribution in [0.1, 0.15) is 44.0 Å². The predicted octanol–water partition coefficient (Wildman–Crippen LogP) is 1.00. The fourth-order valence-corrected chi connectivity index (χ4v) is 3.73. The number of sulfone groups is 1. The van der Waals surface area contributed by atoms with E-state index in [1.807, 2.05) is 0 Å². The number of nitro benzene ring substituents is 1. The molecule has 1 fully saturated rings. The topological polar surface area (TPSA) is 144 Å². The third kappa shape index (κ3) is 3.97. The SMILES string of the molecule is CC(C)(C)S(=O)(=O)c1ccc(C(=O)NCN2C(=O)CCC2=O)cc1[N+](=O)[O-]. The van der Waals surface area contributed by atoms with Gasteiger partial charge < -0.3 is 5.32 Å². The Morgan fingerprint density at radius 2 is 1.78 bits per heavy atom. The van der Waals surface area contributed by atoms with Crippen molar-refractivity contribution in [2.24, 2.45) is 0 Å². The van der Waals surface area contributed by atoms with Gasteiger partial charge in [0.1, 0.15) is 11.6 Å². The third-order valence-corrected chi connectivity index (χ3v) is 6.60. The van der Waals surface area contributed by atoms with Crippen molar-refractivity contribution in [3.05, 3.63) is 33.9 Å². The number of carbonyl (C=O) groups is 3. The van der Waals surface area contributed by atoms with Gasteiger partial charge in [-0.15, -0.1) is 0 Å². The average Bonchev–Trinajstić information content (AvgIpc) is 2.89. The molecule has 11 heteroatoms. The van der Waals surface area contributed by atoms with E-state index in [2.05, 4.69) is 5.32 Å². The quantitative estimate of drug-likeness (QED) is 0.443. The second-order valence-electron chi connectivity index (χ2n) is 6.93. The maximum atomic E-state index is 12.5. The van der Waals surface area contributed by atoms with Crippen molar-refractivity contribution in [2.75, 3.05) is 6.67 Å². The molecule has 0 spiro atoms. The van der Waals surface area contributed by atoms with Gasteiger partial charge in [0.15, 0.2) is 9.84 Å². The zero-order valence-corrected chi connectivity index (χ0v) is 15.8. The molecule has 1 aromatic carbocycles. The van der Waals surface area contributed by atoms with Crippen molar-refractivity contribution in [3.63, 3.8) is 0 Å². The van der Waals surface area contributed by atoms with E-state index in [-0.39, 0.29) is 25.1 Å². The highest BCUT2D eigenvalue weighted by Gasteiger charge is 2.37. The van der Waals surface area contributed by atoms with Crippen LogP contribution in [0.2, 0.25) is 0 Å². The lowest BCUT2D eigenvalue weighted by atomic mass is 10.2. The minimum Gasteiger partial charge on any atom is -0.334 e. The van der Waals surface area contributed by atoms with Crippen molar-refractivity contribution in [1.82, 2.24) is 10.2 Å². The summed E-state index contributed by atoms with van der Waals surface area (Å²) in [7, 11) is -4.01. The Morgan fingerprint density at radius 1 is 1.22 bits per heavy atom. The van der Waals surface area contributed by atoms with E-state index >= 15 is 0 Å². The van der Waals surface area contributed by atoms with E-state index in [4.69, 9.17) is 0 Å². The molecule has 1 saturated heterocycles. The molecule has 0 atom stereocenters. The van der Waals surface area contributed by atoms with E-state index in [0.29, 0.717) is 0 Å². The van der Waals surface area contributed by atoms with E-state index < -0.39 is 47.8 Å². The molecule has 0 unspecified atom stereocenters. The minimum absolute atomic E-state index is 0.0690. The number of nitrogens with one attached hydrogen (secondary N) is 1. The zero-order chi connectivity index (χ0) is 20.6. The maximum Gasteiger partial charge on any atom is 0.288 e. The molecule has 146 valence electrons. The molecule has 1 N–H and O–H groups in total. The number of benzene rings is 1. The lowest BCUT2D eigenvalue weighted by Gasteiger charge is -2.19. The molecule has 1 aromatic rings. The van der Waals surface area contributed by atoms with E-state index in [9.17, 15) is 32.9 Å². The van der Waals surface area contributed by atoms with Crippen LogP contribution in [0.5, 0.6) is 0 Å². The number of nitro groups is 1. The summed E-state index contributed by atoms with van der Waals surface area (Å²) in [6, 6.07) is 3.02. The smallest absolute Gasteiger partial charge is 0.288 e. The molecular formula is C16H19N3O7S. The van der Waals surface area contributed by atoms with Gasteiger partial charge in [-0.05, 0) is 32.9 Å². The predicted molar refractivity (Wildman–Crippen MR) is 93.5 cm³/mol. The largest absolute Gasteiger partial charge is 0.334 e. The van der Waals surface area contributed by atoms with Gasteiger partial charge in [-0.2, -0.15) is 0 Å². The number of hydrogen-bond acceptors (Lipinski definition) is 7. The molecule has 10 nitrogen and oxygen atoms in total. The molecule has 1 aliphatic rings. The molecule has 0 saturated carbocycles. The van der Waals surface area contributed by atoms with E-state index in [0.717, 1.165) is 23.1 Å². The molecule has 1 heterocycles. The van der Waals surface area contributed by atoms with Crippen LogP contribution < -0.4 is 5.32 Å². The molecule has 2 rings (SSSR count). The number of rotatable bonds is 5. The first kappa shape index (κ1) is 20.5. The van der Waals surface area contributed by atoms with Gasteiger partial charge in [-0.25, -0.2) is 8.42 Å². The Balaban J connectivity index is 2.30. The van der Waals surface area contributed by atoms with Crippen LogP contribution in [0.3, 0.4) is 0 Å². The zero-order valence-electron chi connectivity index (χ0n) is 15.0. The van der Waals surface area contributed by atoms with Gasteiger partial charge in [-0.3, -0.25) is 29.4 Å². The van der Waals surface area contributed by atoms with Crippen LogP contribution in [0.25, 0.3) is 0 Å². The van der Waals surface area contributed by atoms with Crippen molar-refractivity contribution in [2.45, 2.75) is 43.3 Å². The number of carbonyl (C=O) groups excluding carboxylic acids is 3. The molecule has 0 aliphatic carbocycles. The second-order valence-corrected chi connectivity index (χ2v) is 9.61. The van der Waals surface area contributed by atoms with Gasteiger partial charge >= 0.3 is 0 Å². The minimum atomic E-state index is -4.01. The highest BCUT2D eigenvalue weighted by Crippen LogP contribution is 2.32. The second kappa shape index (κ2) is 7.06. The molecular weight excluding hydrogens is 378 g/mol. The maximum absolute atomic E-state index is 12.5. The molecule has 0 radical (unpaired) electrons. The van der Waals surface area contributed by atoms with Crippen molar-refractivity contribution in [1.29, 1.82) is 0 Å². The molecule has 0 bridgehead atoms. The molecule has 0 aromatic heterocycles. The summed E-state index contributed by atoms with van der Waals surface area (Å²) in [5.41, 5.74) is -0.875. The highest BCUT2D eigenvalue weighted by molar-refractivity contribution is 7.92. The summed E-state index contributed by atoms with van der Waals surface area (Å²) in [6.07, 6.45) is 0.138. The Kier molecular flexibility index (Phi) is 5.36. The van der Waals surface area contributed by atoms with E-state index in [1.165, 1.54) is 20.8 Å². The van der Waals surface area contributed by atoms with Crippen LogP contribution in [0, 0.1) is 10.1 Å². The fourth-order valence-electron chi connectivity index (χ4n) is 2.41. The summed E-state index contributed by atoms with van der Waals surface area (Å²) in [5, 5.41) is 13.7. The number of amides is 3. The van der Waals surface area contributed by atoms with Crippen molar-refractivity contribution < 1.29 is 27.7 Å². The van der Waals surface area contributed by atoms with Crippen LogP contribution in [-0.2, 0) is 19.4 Å². The number of imide groups is 1. The highest BCUT2D eigenvalue weighted by atomic mass is 32.2. The summed E-state index contributed by atoms with van der Waals surface area (Å²) >= 11 is 0. The summed E-state index contributed by atoms with van der Waals surface area (Å²) < 4.78 is 23.8. The standard InChI is InChI=1S/C16H19N3O7S/c1-16(2,3)27(25,26)12-5-4-10(8-11(12)19(23)24)15(22)17-9-18-13(20)6-7-14(18)21/h4-5,8H,6-7,9H2,1-3H3,(H,17,22). The average molecular weight is 397 g/mol. The number of likely N-dealkylation sites (tertiary alicyclic amines) is 1. The Morgan fingerprint density at radius 3 is 2.26 bits per heavy atom. The first-order chi connectivity index (χ1) is 12.4. The fraction of sp³-hybridized carbons (Fsp3) is 0.438. The summed E-state index contributed by atoms with van der Waals surface area (Å²) in [5.74, 6) is -1.61. The van der Waals surface area contributed by atoms with E-state index in [1.54, 1.807) is 0 Å². The summed E-state index contributed by atoms with van der Waals surface area (Å²) in [6.45, 7) is 3.89. The van der Waals surface area contributed by atoms with Crippen LogP contribution in [0.15, 0.2) is 23.1 Å². The Hall–Kier alpha value is -2.82. The Bertz CT molecular complexity index is 916. The Labute approximate surface area is 155 Å². The van der Waals surface area contributed by atoms with Gasteiger partial charge in [0.25, 0.3) is 11.6 Å². The van der Waals surface area contributed by atoms with Gasteiger partial charge in [-0.1, -0.05) is 0 Å². The molecule has 1 aliphatic heterocycles. The van der Waals surface area contributed by atoms with Gasteiger partial charge in [0.2, 0.25) is 11.8 Å². The number of hydrogen-bond donors (Lipinski definition) is 1. The first-order valence-corrected chi connectivity index (χ1v) is 9.49. The lowest BCUT2D eigenvalue weighted by molar-refractivity contribution is -0.387. The van der Waals surface area contributed by atoms with Crippen LogP contribution in [0.4, 0.5) is 5.69 Å². The van der Waals surface area contributed by atoms with Crippen molar-refractivity contribution in [3.8, 4) is 0 Å².